The lowest BCUT2D eigenvalue weighted by Gasteiger charge is -2.32. The second-order valence-corrected chi connectivity index (χ2v) is 13.2. The van der Waals surface area contributed by atoms with Gasteiger partial charge in [0.2, 0.25) is 0 Å². The summed E-state index contributed by atoms with van der Waals surface area (Å²) in [6.07, 6.45) is -3.65. The first-order valence-corrected chi connectivity index (χ1v) is 15.5. The number of hydrogen-bond donors (Lipinski definition) is 3. The van der Waals surface area contributed by atoms with Crippen LogP contribution in [-0.4, -0.2) is 78.7 Å². The molecule has 13 heteroatoms. The van der Waals surface area contributed by atoms with E-state index in [2.05, 4.69) is 20.9 Å². The van der Waals surface area contributed by atoms with Crippen LogP contribution in [-0.2, 0) is 4.74 Å². The summed E-state index contributed by atoms with van der Waals surface area (Å²) >= 11 is 6.68. The Balaban J connectivity index is 1.64. The van der Waals surface area contributed by atoms with Crippen molar-refractivity contribution in [1.82, 2.24) is 25.8 Å². The highest BCUT2D eigenvalue weighted by Gasteiger charge is 2.39. The van der Waals surface area contributed by atoms with Crippen LogP contribution in [0, 0.1) is 5.92 Å². The molecular weight excluding hydrogens is 611 g/mol. The van der Waals surface area contributed by atoms with Crippen molar-refractivity contribution in [2.75, 3.05) is 33.3 Å². The number of hydrogen-bond acceptors (Lipinski definition) is 7. The molecule has 2 aromatic rings. The SMILES string of the molecule is CN(C(=O)OCCCC(F)(F)F)[C@@H]1CNC[C@H]1c1cc(C(=O)NC(C)(C)C)c(Cl)cc1C(=O)C1CCNC(c2ccccn2)C1. The van der Waals surface area contributed by atoms with E-state index in [4.69, 9.17) is 16.3 Å². The van der Waals surface area contributed by atoms with Crippen LogP contribution in [0.15, 0.2) is 36.5 Å². The number of benzene rings is 1. The minimum atomic E-state index is -4.33. The molecule has 2 fully saturated rings. The van der Waals surface area contributed by atoms with Gasteiger partial charge in [-0.25, -0.2) is 4.79 Å². The molecule has 2 unspecified atom stereocenters. The molecule has 4 rings (SSSR count). The van der Waals surface area contributed by atoms with E-state index in [-0.39, 0.29) is 41.4 Å². The van der Waals surface area contributed by atoms with Crippen LogP contribution in [0.25, 0.3) is 0 Å². The zero-order chi connectivity index (χ0) is 32.9. The van der Waals surface area contributed by atoms with Gasteiger partial charge in [-0.3, -0.25) is 14.6 Å². The predicted octanol–water partition coefficient (Wildman–Crippen LogP) is 5.65. The van der Waals surface area contributed by atoms with E-state index in [0.29, 0.717) is 43.6 Å². The molecule has 2 aliphatic heterocycles. The van der Waals surface area contributed by atoms with Crippen LogP contribution in [0.5, 0.6) is 0 Å². The van der Waals surface area contributed by atoms with E-state index < -0.39 is 42.1 Å². The van der Waals surface area contributed by atoms with Gasteiger partial charge in [0.15, 0.2) is 5.78 Å². The monoisotopic (exact) mass is 651 g/mol. The molecule has 2 amide bonds. The van der Waals surface area contributed by atoms with E-state index in [1.807, 2.05) is 39.0 Å². The van der Waals surface area contributed by atoms with Gasteiger partial charge in [-0.2, -0.15) is 13.2 Å². The van der Waals surface area contributed by atoms with Gasteiger partial charge in [0.1, 0.15) is 0 Å². The maximum Gasteiger partial charge on any atom is 0.409 e. The number of nitrogens with zero attached hydrogens (tertiary/aromatic N) is 2. The first-order chi connectivity index (χ1) is 21.1. The fourth-order valence-corrected chi connectivity index (χ4v) is 6.18. The summed E-state index contributed by atoms with van der Waals surface area (Å²) in [7, 11) is 1.52. The van der Waals surface area contributed by atoms with Gasteiger partial charge in [0, 0.05) is 55.7 Å². The van der Waals surface area contributed by atoms with Crippen molar-refractivity contribution in [3.05, 3.63) is 63.9 Å². The Morgan fingerprint density at radius 2 is 1.89 bits per heavy atom. The Morgan fingerprint density at radius 3 is 2.56 bits per heavy atom. The lowest BCUT2D eigenvalue weighted by molar-refractivity contribution is -0.137. The van der Waals surface area contributed by atoms with E-state index in [0.717, 1.165) is 5.69 Å². The Labute approximate surface area is 266 Å². The van der Waals surface area contributed by atoms with Crippen molar-refractivity contribution in [3.63, 3.8) is 0 Å². The average molecular weight is 652 g/mol. The third-order valence-electron chi connectivity index (χ3n) is 8.15. The molecule has 0 spiro atoms. The summed E-state index contributed by atoms with van der Waals surface area (Å²) in [6, 6.07) is 8.24. The van der Waals surface area contributed by atoms with Crippen LogP contribution in [0.2, 0.25) is 5.02 Å². The number of carbonyl (C=O) groups is 3. The largest absolute Gasteiger partial charge is 0.449 e. The maximum atomic E-state index is 14.3. The Kier molecular flexibility index (Phi) is 11.1. The number of piperidine rings is 1. The molecule has 0 bridgehead atoms. The molecule has 9 nitrogen and oxygen atoms in total. The van der Waals surface area contributed by atoms with E-state index in [1.165, 1.54) is 11.9 Å². The van der Waals surface area contributed by atoms with E-state index in [9.17, 15) is 27.6 Å². The highest BCUT2D eigenvalue weighted by Crippen LogP contribution is 2.37. The molecule has 1 aromatic carbocycles. The first kappa shape index (κ1) is 34.6. The number of nitrogens with one attached hydrogen (secondary N) is 3. The van der Waals surface area contributed by atoms with Gasteiger partial charge < -0.3 is 25.6 Å². The minimum Gasteiger partial charge on any atom is -0.449 e. The molecule has 45 heavy (non-hydrogen) atoms. The second kappa shape index (κ2) is 14.5. The molecule has 1 aromatic heterocycles. The van der Waals surface area contributed by atoms with Crippen LogP contribution in [0.1, 0.15) is 90.4 Å². The third kappa shape index (κ3) is 9.17. The Bertz CT molecular complexity index is 1370. The molecule has 2 saturated heterocycles. The van der Waals surface area contributed by atoms with Crippen LogP contribution in [0.4, 0.5) is 18.0 Å². The number of halogens is 4. The first-order valence-electron chi connectivity index (χ1n) is 15.2. The predicted molar refractivity (Wildman–Crippen MR) is 165 cm³/mol. The zero-order valence-electron chi connectivity index (χ0n) is 26.0. The van der Waals surface area contributed by atoms with Crippen molar-refractivity contribution in [2.24, 2.45) is 5.92 Å². The number of likely N-dealkylation sites (N-methyl/N-ethyl adjacent to an activating group) is 1. The number of ketones is 1. The number of rotatable bonds is 9. The van der Waals surface area contributed by atoms with Crippen LogP contribution < -0.4 is 16.0 Å². The molecular formula is C32H41ClF3N5O4. The Morgan fingerprint density at radius 1 is 1.13 bits per heavy atom. The molecule has 0 saturated carbocycles. The summed E-state index contributed by atoms with van der Waals surface area (Å²) in [4.78, 5) is 46.2. The minimum absolute atomic E-state index is 0.108. The van der Waals surface area contributed by atoms with Gasteiger partial charge in [-0.15, -0.1) is 0 Å². The smallest absolute Gasteiger partial charge is 0.409 e. The number of alkyl halides is 3. The fraction of sp³-hybridized carbons (Fsp3) is 0.562. The molecule has 0 radical (unpaired) electrons. The molecule has 3 heterocycles. The number of ether oxygens (including phenoxy) is 1. The van der Waals surface area contributed by atoms with E-state index >= 15 is 0 Å². The van der Waals surface area contributed by atoms with Crippen LogP contribution >= 0.6 is 11.6 Å². The molecule has 3 N–H and O–H groups in total. The quantitative estimate of drug-likeness (QED) is 0.237. The lowest BCUT2D eigenvalue weighted by atomic mass is 9.80. The highest BCUT2D eigenvalue weighted by molar-refractivity contribution is 6.34. The summed E-state index contributed by atoms with van der Waals surface area (Å²) in [5.74, 6) is -1.28. The maximum absolute atomic E-state index is 14.3. The Hall–Kier alpha value is -3.22. The highest BCUT2D eigenvalue weighted by atomic mass is 35.5. The molecule has 0 aliphatic carbocycles. The number of aromatic nitrogens is 1. The fourth-order valence-electron chi connectivity index (χ4n) is 5.93. The normalized spacial score (nSPS) is 22.1. The third-order valence-corrected chi connectivity index (χ3v) is 8.47. The standard InChI is InChI=1S/C32H41ClF3N5O4/c1-31(2,3)40-29(43)22-15-20(23-17-37-18-27(23)41(4)30(44)45-13-7-10-32(34,35)36)21(16-24(22)33)28(42)19-9-12-39-26(14-19)25-8-5-6-11-38-25/h5-6,8,11,15-16,19,23,26-27,37,39H,7,9-10,12-14,17-18H2,1-4H3,(H,40,43)/t19?,23-,26?,27+/m0/s1. The van der Waals surface area contributed by atoms with Crippen molar-refractivity contribution in [2.45, 2.75) is 76.2 Å². The number of Topliss-reactive ketones (excluding diaryl/α,β-unsaturated/α-hetero) is 1. The topological polar surface area (TPSA) is 113 Å². The number of carbonyl (C=O) groups excluding carboxylic acids is 3. The summed E-state index contributed by atoms with van der Waals surface area (Å²) < 4.78 is 42.8. The molecule has 2 aliphatic rings. The zero-order valence-corrected chi connectivity index (χ0v) is 26.7. The van der Waals surface area contributed by atoms with Crippen LogP contribution in [0.3, 0.4) is 0 Å². The van der Waals surface area contributed by atoms with Gasteiger partial charge in [0.05, 0.1) is 35.0 Å². The summed E-state index contributed by atoms with van der Waals surface area (Å²) in [5.41, 5.74) is 1.46. The number of pyridine rings is 1. The molecule has 246 valence electrons. The van der Waals surface area contributed by atoms with Crippen molar-refractivity contribution in [1.29, 1.82) is 0 Å². The summed E-state index contributed by atoms with van der Waals surface area (Å²) in [5, 5.41) is 9.75. The lowest BCUT2D eigenvalue weighted by Crippen LogP contribution is -2.42. The second-order valence-electron chi connectivity index (χ2n) is 12.7. The molecule has 4 atom stereocenters. The van der Waals surface area contributed by atoms with Gasteiger partial charge in [0.25, 0.3) is 5.91 Å². The average Bonchev–Trinajstić information content (AvgIpc) is 3.47. The van der Waals surface area contributed by atoms with Gasteiger partial charge >= 0.3 is 12.3 Å². The van der Waals surface area contributed by atoms with Gasteiger partial charge in [-0.1, -0.05) is 17.7 Å². The van der Waals surface area contributed by atoms with Crippen molar-refractivity contribution >= 4 is 29.4 Å². The van der Waals surface area contributed by atoms with Crippen molar-refractivity contribution in [3.8, 4) is 0 Å². The van der Waals surface area contributed by atoms with E-state index in [1.54, 1.807) is 18.3 Å². The van der Waals surface area contributed by atoms with Crippen molar-refractivity contribution < 1.29 is 32.3 Å². The number of amides is 2. The summed E-state index contributed by atoms with van der Waals surface area (Å²) in [6.45, 7) is 6.53. The van der Waals surface area contributed by atoms with Gasteiger partial charge in [-0.05, 0) is 76.4 Å².